The van der Waals surface area contributed by atoms with Gasteiger partial charge in [0, 0.05) is 24.9 Å². The Morgan fingerprint density at radius 1 is 1.18 bits per heavy atom. The lowest BCUT2D eigenvalue weighted by atomic mass is 10.1. The molecule has 0 bridgehead atoms. The van der Waals surface area contributed by atoms with Gasteiger partial charge in [0.05, 0.1) is 17.1 Å². The number of nitrogens with one attached hydrogen (secondary N) is 1. The minimum absolute atomic E-state index is 0.0134. The lowest BCUT2D eigenvalue weighted by Crippen LogP contribution is -2.15. The molecule has 0 spiro atoms. The van der Waals surface area contributed by atoms with E-state index in [4.69, 9.17) is 0 Å². The summed E-state index contributed by atoms with van der Waals surface area (Å²) in [4.78, 5) is 16.6. The summed E-state index contributed by atoms with van der Waals surface area (Å²) in [5, 5.41) is 7.38. The Morgan fingerprint density at radius 3 is 2.41 bits per heavy atom. The molecule has 2 rings (SSSR count). The molecule has 5 nitrogen and oxygen atoms in total. The van der Waals surface area contributed by atoms with E-state index >= 15 is 0 Å². The van der Waals surface area contributed by atoms with E-state index in [0.29, 0.717) is 12.8 Å². The van der Waals surface area contributed by atoms with Crippen molar-refractivity contribution in [1.29, 1.82) is 0 Å². The molecule has 118 valence electrons. The van der Waals surface area contributed by atoms with Crippen molar-refractivity contribution in [2.45, 2.75) is 47.5 Å². The third-order valence-electron chi connectivity index (χ3n) is 4.05. The summed E-state index contributed by atoms with van der Waals surface area (Å²) in [6.07, 6.45) is 1.15. The van der Waals surface area contributed by atoms with Gasteiger partial charge in [-0.2, -0.15) is 5.10 Å². The van der Waals surface area contributed by atoms with Crippen molar-refractivity contribution in [2.75, 3.05) is 5.32 Å². The number of rotatable bonds is 4. The minimum atomic E-state index is 0.0134. The zero-order valence-corrected chi connectivity index (χ0v) is 14.2. The molecule has 0 fully saturated rings. The van der Waals surface area contributed by atoms with Gasteiger partial charge in [0.2, 0.25) is 5.91 Å². The Morgan fingerprint density at radius 2 is 1.86 bits per heavy atom. The van der Waals surface area contributed by atoms with Gasteiger partial charge in [-0.05, 0) is 58.2 Å². The normalized spacial score (nSPS) is 10.8. The zero-order valence-electron chi connectivity index (χ0n) is 14.2. The standard InChI is InChI=1S/C17H24N4O/c1-10-9-11(2)18-13(4)17(10)19-16(22)8-7-15-12(3)20-21(6)14(15)5/h9H,7-8H2,1-6H3,(H,19,22). The lowest BCUT2D eigenvalue weighted by Gasteiger charge is -2.12. The van der Waals surface area contributed by atoms with Crippen molar-refractivity contribution < 1.29 is 4.79 Å². The van der Waals surface area contributed by atoms with Crippen molar-refractivity contribution in [3.05, 3.63) is 40.0 Å². The van der Waals surface area contributed by atoms with Crippen LogP contribution in [-0.4, -0.2) is 20.7 Å². The summed E-state index contributed by atoms with van der Waals surface area (Å²) in [6, 6.07) is 1.98. The number of nitrogens with zero attached hydrogens (tertiary/aromatic N) is 3. The highest BCUT2D eigenvalue weighted by Crippen LogP contribution is 2.20. The molecule has 1 N–H and O–H groups in total. The smallest absolute Gasteiger partial charge is 0.224 e. The number of pyridine rings is 1. The summed E-state index contributed by atoms with van der Waals surface area (Å²) in [5.41, 5.74) is 6.98. The summed E-state index contributed by atoms with van der Waals surface area (Å²) in [5.74, 6) is 0.0134. The molecule has 0 aliphatic heterocycles. The quantitative estimate of drug-likeness (QED) is 0.944. The van der Waals surface area contributed by atoms with E-state index in [0.717, 1.165) is 39.6 Å². The van der Waals surface area contributed by atoms with Crippen LogP contribution in [-0.2, 0) is 18.3 Å². The van der Waals surface area contributed by atoms with Gasteiger partial charge < -0.3 is 5.32 Å². The predicted molar refractivity (Wildman–Crippen MR) is 88.1 cm³/mol. The highest BCUT2D eigenvalue weighted by atomic mass is 16.1. The van der Waals surface area contributed by atoms with Crippen molar-refractivity contribution in [1.82, 2.24) is 14.8 Å². The molecular formula is C17H24N4O. The van der Waals surface area contributed by atoms with Crippen LogP contribution in [0.3, 0.4) is 0 Å². The minimum Gasteiger partial charge on any atom is -0.324 e. The fourth-order valence-electron chi connectivity index (χ4n) is 2.83. The SMILES string of the molecule is Cc1cc(C)c(NC(=O)CCc2c(C)nn(C)c2C)c(C)n1. The largest absolute Gasteiger partial charge is 0.324 e. The Balaban J connectivity index is 2.05. The number of carbonyl (C=O) groups is 1. The first-order valence-electron chi connectivity index (χ1n) is 7.53. The van der Waals surface area contributed by atoms with E-state index in [2.05, 4.69) is 15.4 Å². The zero-order chi connectivity index (χ0) is 16.4. The van der Waals surface area contributed by atoms with Crippen molar-refractivity contribution in [3.63, 3.8) is 0 Å². The average Bonchev–Trinajstić information content (AvgIpc) is 2.65. The average molecular weight is 300 g/mol. The molecule has 0 atom stereocenters. The van der Waals surface area contributed by atoms with E-state index < -0.39 is 0 Å². The Labute approximate surface area is 131 Å². The van der Waals surface area contributed by atoms with Crippen molar-refractivity contribution in [3.8, 4) is 0 Å². The molecule has 22 heavy (non-hydrogen) atoms. The number of carbonyl (C=O) groups excluding carboxylic acids is 1. The van der Waals surface area contributed by atoms with E-state index in [9.17, 15) is 4.79 Å². The summed E-state index contributed by atoms with van der Waals surface area (Å²) >= 11 is 0. The molecule has 2 aromatic heterocycles. The van der Waals surface area contributed by atoms with Crippen LogP contribution in [0.5, 0.6) is 0 Å². The molecule has 0 unspecified atom stereocenters. The van der Waals surface area contributed by atoms with E-state index in [1.54, 1.807) is 0 Å². The Kier molecular flexibility index (Phi) is 4.64. The highest BCUT2D eigenvalue weighted by molar-refractivity contribution is 5.92. The van der Waals surface area contributed by atoms with Gasteiger partial charge in [-0.25, -0.2) is 0 Å². The molecule has 0 saturated heterocycles. The second-order valence-corrected chi connectivity index (χ2v) is 5.86. The van der Waals surface area contributed by atoms with Gasteiger partial charge >= 0.3 is 0 Å². The third kappa shape index (κ3) is 3.35. The van der Waals surface area contributed by atoms with Gasteiger partial charge in [0.15, 0.2) is 0 Å². The molecule has 1 amide bonds. The topological polar surface area (TPSA) is 59.8 Å². The fourth-order valence-corrected chi connectivity index (χ4v) is 2.83. The van der Waals surface area contributed by atoms with Crippen molar-refractivity contribution >= 4 is 11.6 Å². The molecule has 0 radical (unpaired) electrons. The van der Waals surface area contributed by atoms with Crippen LogP contribution < -0.4 is 5.32 Å². The Bertz CT molecular complexity index is 693. The van der Waals surface area contributed by atoms with Crippen LogP contribution in [0.25, 0.3) is 0 Å². The van der Waals surface area contributed by atoms with Crippen LogP contribution in [0, 0.1) is 34.6 Å². The fraction of sp³-hybridized carbons (Fsp3) is 0.471. The second kappa shape index (κ2) is 6.30. The number of aromatic nitrogens is 3. The maximum absolute atomic E-state index is 12.2. The first-order chi connectivity index (χ1) is 10.3. The molecule has 0 aliphatic carbocycles. The van der Waals surface area contributed by atoms with Crippen LogP contribution in [0.4, 0.5) is 5.69 Å². The number of amides is 1. The summed E-state index contributed by atoms with van der Waals surface area (Å²) in [7, 11) is 1.93. The van der Waals surface area contributed by atoms with Crippen LogP contribution in [0.2, 0.25) is 0 Å². The third-order valence-corrected chi connectivity index (χ3v) is 4.05. The van der Waals surface area contributed by atoms with E-state index in [1.165, 1.54) is 0 Å². The van der Waals surface area contributed by atoms with E-state index in [1.807, 2.05) is 52.4 Å². The number of hydrogen-bond donors (Lipinski definition) is 1. The van der Waals surface area contributed by atoms with Gasteiger partial charge in [-0.15, -0.1) is 0 Å². The maximum atomic E-state index is 12.2. The number of aryl methyl sites for hydroxylation is 5. The molecule has 2 aromatic rings. The summed E-state index contributed by atoms with van der Waals surface area (Å²) in [6.45, 7) is 9.89. The Hall–Kier alpha value is -2.17. The first kappa shape index (κ1) is 16.2. The van der Waals surface area contributed by atoms with Gasteiger partial charge in [-0.3, -0.25) is 14.5 Å². The van der Waals surface area contributed by atoms with Gasteiger partial charge in [0.25, 0.3) is 0 Å². The van der Waals surface area contributed by atoms with Crippen LogP contribution in [0.1, 0.15) is 40.3 Å². The van der Waals surface area contributed by atoms with E-state index in [-0.39, 0.29) is 5.91 Å². The lowest BCUT2D eigenvalue weighted by molar-refractivity contribution is -0.116. The van der Waals surface area contributed by atoms with Crippen molar-refractivity contribution in [2.24, 2.45) is 7.05 Å². The molecular weight excluding hydrogens is 276 g/mol. The molecule has 0 aliphatic rings. The first-order valence-corrected chi connectivity index (χ1v) is 7.53. The summed E-state index contributed by atoms with van der Waals surface area (Å²) < 4.78 is 1.86. The highest BCUT2D eigenvalue weighted by Gasteiger charge is 2.13. The number of anilines is 1. The van der Waals surface area contributed by atoms with Gasteiger partial charge in [0.1, 0.15) is 0 Å². The van der Waals surface area contributed by atoms with Crippen LogP contribution >= 0.6 is 0 Å². The molecule has 0 aromatic carbocycles. The molecule has 5 heteroatoms. The number of hydrogen-bond acceptors (Lipinski definition) is 3. The molecule has 0 saturated carbocycles. The van der Waals surface area contributed by atoms with Gasteiger partial charge in [-0.1, -0.05) is 0 Å². The van der Waals surface area contributed by atoms with Crippen LogP contribution in [0.15, 0.2) is 6.07 Å². The predicted octanol–water partition coefficient (Wildman–Crippen LogP) is 2.93. The second-order valence-electron chi connectivity index (χ2n) is 5.86. The monoisotopic (exact) mass is 300 g/mol. The maximum Gasteiger partial charge on any atom is 0.224 e. The molecule has 2 heterocycles.